The van der Waals surface area contributed by atoms with Crippen LogP contribution in [0.4, 0.5) is 20.4 Å². The van der Waals surface area contributed by atoms with E-state index in [0.717, 1.165) is 28.9 Å². The second-order valence-electron chi connectivity index (χ2n) is 14.3. The molecule has 59 heavy (non-hydrogen) atoms. The van der Waals surface area contributed by atoms with Crippen LogP contribution < -0.4 is 21.2 Å². The van der Waals surface area contributed by atoms with E-state index in [1.807, 2.05) is 13.8 Å². The molecule has 2 fully saturated rings. The van der Waals surface area contributed by atoms with Gasteiger partial charge >= 0.3 is 5.97 Å². The monoisotopic (exact) mass is 981 g/mol. The number of aryl methyl sites for hydroxylation is 2. The fourth-order valence-electron chi connectivity index (χ4n) is 7.28. The summed E-state index contributed by atoms with van der Waals surface area (Å²) in [5.74, 6) is -1.17. The quantitative estimate of drug-likeness (QED) is 0.192. The number of carbonyl (C=O) groups is 2. The average molecular weight is 982 g/mol. The van der Waals surface area contributed by atoms with Crippen molar-refractivity contribution in [3.8, 4) is 0 Å². The minimum absolute atomic E-state index is 0. The molecule has 17 nitrogen and oxygen atoms in total. The van der Waals surface area contributed by atoms with E-state index >= 15 is 0 Å². The third-order valence-electron chi connectivity index (χ3n) is 10.1. The number of nitrogens with two attached hydrogens (primary N) is 1. The Kier molecular flexibility index (Phi) is 13.3. The molecule has 6 aromatic rings. The maximum atomic E-state index is 14.0. The maximum Gasteiger partial charge on any atom is 0.341 e. The van der Waals surface area contributed by atoms with E-state index in [1.165, 1.54) is 41.4 Å². The first-order valence-electron chi connectivity index (χ1n) is 18.7. The number of hydroxylamine groups is 2. The number of hydrogen-bond acceptors (Lipinski definition) is 13. The number of nitrogens with zero attached hydrogens (tertiary/aromatic N) is 10. The van der Waals surface area contributed by atoms with E-state index in [0.29, 0.717) is 68.2 Å². The van der Waals surface area contributed by atoms with Gasteiger partial charge in [0.1, 0.15) is 22.8 Å². The Morgan fingerprint density at radius 2 is 1.51 bits per heavy atom. The van der Waals surface area contributed by atoms with Gasteiger partial charge in [0.2, 0.25) is 0 Å². The van der Waals surface area contributed by atoms with Crippen LogP contribution in [0.3, 0.4) is 0 Å². The predicted molar refractivity (Wildman–Crippen MR) is 207 cm³/mol. The Hall–Kier alpha value is -5.49. The Morgan fingerprint density at radius 1 is 0.915 bits per heavy atom. The van der Waals surface area contributed by atoms with Crippen molar-refractivity contribution in [2.45, 2.75) is 76.5 Å². The van der Waals surface area contributed by atoms with E-state index in [-0.39, 0.29) is 75.6 Å². The van der Waals surface area contributed by atoms with E-state index in [1.54, 1.807) is 39.2 Å². The first kappa shape index (κ1) is 43.1. The van der Waals surface area contributed by atoms with Gasteiger partial charge in [-0.15, -0.1) is 0 Å². The number of aromatic carboxylic acids is 1. The number of aromatic nitrogens is 8. The van der Waals surface area contributed by atoms with Gasteiger partial charge in [0.05, 0.1) is 50.1 Å². The van der Waals surface area contributed by atoms with Gasteiger partial charge in [-0.05, 0) is 51.7 Å². The van der Waals surface area contributed by atoms with Gasteiger partial charge in [-0.2, -0.15) is 10.2 Å². The summed E-state index contributed by atoms with van der Waals surface area (Å²) in [7, 11) is 0. The Balaban J connectivity index is 0.000000192. The molecular formula is C39H43F2N12O5W-. The molecule has 0 saturated carbocycles. The van der Waals surface area contributed by atoms with E-state index in [2.05, 4.69) is 35.5 Å². The number of amides is 1. The van der Waals surface area contributed by atoms with Crippen molar-refractivity contribution in [1.29, 1.82) is 0 Å². The van der Waals surface area contributed by atoms with Crippen molar-refractivity contribution in [1.82, 2.24) is 44.5 Å². The third-order valence-corrected chi connectivity index (χ3v) is 10.1. The summed E-state index contributed by atoms with van der Waals surface area (Å²) in [6, 6.07) is 5.88. The number of carboxylic acids is 1. The van der Waals surface area contributed by atoms with Crippen LogP contribution >= 0.6 is 0 Å². The Labute approximate surface area is 352 Å². The summed E-state index contributed by atoms with van der Waals surface area (Å²) in [6.07, 6.45) is 12.5. The minimum atomic E-state index is -1.11. The second-order valence-corrected chi connectivity index (χ2v) is 14.3. The molecule has 20 heteroatoms. The fraction of sp³-hybridized carbons (Fsp3) is 0.359. The number of anilines is 2. The van der Waals surface area contributed by atoms with Crippen LogP contribution in [0.2, 0.25) is 0 Å². The SMILES string of the molecule is CC(N)CCc1ncc(F)cc1C1CCON1c1ccn2ncc(C(=O)O)c2n1.CC1CCc2ncc(F)cc2C2CCON2c2ccn3ncc(c3n2)C(=O)N1.[CH3-].[W]. The van der Waals surface area contributed by atoms with Crippen LogP contribution in [0, 0.1) is 19.1 Å². The zero-order valence-electron chi connectivity index (χ0n) is 32.5. The number of rotatable bonds is 6. The van der Waals surface area contributed by atoms with Crippen LogP contribution in [0.25, 0.3) is 11.3 Å². The molecule has 0 aromatic carbocycles. The molecule has 2 saturated heterocycles. The average Bonchev–Trinajstić information content (AvgIpc) is 4.02. The molecule has 9 rings (SSSR count). The van der Waals surface area contributed by atoms with Crippen molar-refractivity contribution >= 4 is 34.8 Å². The number of carbonyl (C=O) groups excluding carboxylic acids is 1. The van der Waals surface area contributed by atoms with E-state index < -0.39 is 11.8 Å². The number of carboxylic acid groups (broad SMARTS) is 1. The van der Waals surface area contributed by atoms with Crippen molar-refractivity contribution in [2.24, 2.45) is 5.73 Å². The molecule has 3 aliphatic heterocycles. The summed E-state index contributed by atoms with van der Waals surface area (Å²) in [5.41, 5.74) is 10.0. The van der Waals surface area contributed by atoms with Crippen molar-refractivity contribution in [3.63, 3.8) is 0 Å². The van der Waals surface area contributed by atoms with Crippen molar-refractivity contribution in [3.05, 3.63) is 114 Å². The van der Waals surface area contributed by atoms with Crippen LogP contribution in [-0.2, 0) is 43.6 Å². The minimum Gasteiger partial charge on any atom is -0.477 e. The number of nitrogens with one attached hydrogen (secondary N) is 1. The predicted octanol–water partition coefficient (Wildman–Crippen LogP) is 4.78. The molecule has 4 atom stereocenters. The molecule has 3 aliphatic rings. The molecule has 4 N–H and O–H groups in total. The third kappa shape index (κ3) is 8.93. The molecule has 0 radical (unpaired) electrons. The zero-order chi connectivity index (χ0) is 39.8. The molecule has 2 bridgehead atoms. The van der Waals surface area contributed by atoms with E-state index in [4.69, 9.17) is 15.4 Å². The molecular weight excluding hydrogens is 938 g/mol. The van der Waals surface area contributed by atoms with Crippen LogP contribution in [-0.4, -0.2) is 81.4 Å². The second kappa shape index (κ2) is 18.2. The van der Waals surface area contributed by atoms with Gasteiger partial charge < -0.3 is 23.6 Å². The molecule has 0 aliphatic carbocycles. The molecule has 310 valence electrons. The Bertz CT molecular complexity index is 2470. The van der Waals surface area contributed by atoms with Crippen molar-refractivity contribution < 1.29 is 54.2 Å². The number of fused-ring (bicyclic) bond motifs is 6. The molecule has 4 unspecified atom stereocenters. The topological polar surface area (TPSA) is 204 Å². The number of pyridine rings is 2. The summed E-state index contributed by atoms with van der Waals surface area (Å²) in [6.45, 7) is 4.78. The largest absolute Gasteiger partial charge is 0.477 e. The zero-order valence-corrected chi connectivity index (χ0v) is 35.5. The standard InChI is InChI=1S/C19H21FN6O3.C19H19FN6O2.CH3.W/c1-11(21)2-3-15-13(8-12(20)9-22-15)16-5-7-29-26(16)17-4-6-25-18(24-17)14(10-23-25)19(27)28;1-11-2-3-15-13(8-12(20)9-21-15)16-5-7-28-26(16)17-4-6-25-18(24-17)14(10-22-25)19(27)23-11;;/h4,6,8-11,16H,2-3,5,7,21H2,1H3,(H,27,28);4,6,8-11,16H,2-3,5,7H2,1H3,(H,23,27);1H3;/q;;-1;. The summed E-state index contributed by atoms with van der Waals surface area (Å²) < 4.78 is 31.0. The molecule has 6 aromatic heterocycles. The normalized spacial score (nSPS) is 19.3. The summed E-state index contributed by atoms with van der Waals surface area (Å²) >= 11 is 0. The van der Waals surface area contributed by atoms with Gasteiger partial charge in [-0.3, -0.25) is 24.4 Å². The summed E-state index contributed by atoms with van der Waals surface area (Å²) in [5, 5.41) is 23.8. The first-order chi connectivity index (χ1) is 27.5. The maximum absolute atomic E-state index is 14.0. The summed E-state index contributed by atoms with van der Waals surface area (Å²) in [4.78, 5) is 53.4. The van der Waals surface area contributed by atoms with Gasteiger partial charge in [0.25, 0.3) is 5.91 Å². The van der Waals surface area contributed by atoms with E-state index in [9.17, 15) is 23.5 Å². The van der Waals surface area contributed by atoms with Gasteiger partial charge in [0.15, 0.2) is 22.9 Å². The molecule has 9 heterocycles. The first-order valence-corrected chi connectivity index (χ1v) is 18.7. The van der Waals surface area contributed by atoms with Crippen molar-refractivity contribution in [2.75, 3.05) is 23.3 Å². The number of halogens is 2. The van der Waals surface area contributed by atoms with Crippen LogP contribution in [0.1, 0.15) is 94.8 Å². The van der Waals surface area contributed by atoms with Crippen LogP contribution in [0.5, 0.6) is 0 Å². The Morgan fingerprint density at radius 3 is 2.17 bits per heavy atom. The van der Waals surface area contributed by atoms with Gasteiger partial charge in [0, 0.05) is 93.0 Å². The molecule has 0 spiro atoms. The fourth-order valence-corrected chi connectivity index (χ4v) is 7.28. The smallest absolute Gasteiger partial charge is 0.341 e. The molecule has 1 amide bonds. The van der Waals surface area contributed by atoms with Gasteiger partial charge in [-0.1, -0.05) is 0 Å². The number of hydrogen-bond donors (Lipinski definition) is 3. The van der Waals surface area contributed by atoms with Crippen LogP contribution in [0.15, 0.2) is 61.4 Å². The van der Waals surface area contributed by atoms with Gasteiger partial charge in [-0.25, -0.2) is 42.7 Å².